The van der Waals surface area contributed by atoms with Gasteiger partial charge in [0, 0.05) is 17.0 Å². The molecule has 2 bridgehead atoms. The van der Waals surface area contributed by atoms with Gasteiger partial charge in [-0.25, -0.2) is 4.79 Å². The Morgan fingerprint density at radius 1 is 1.13 bits per heavy atom. The summed E-state index contributed by atoms with van der Waals surface area (Å²) in [6.07, 6.45) is 1.89. The van der Waals surface area contributed by atoms with E-state index in [2.05, 4.69) is 44.3 Å². The molecule has 1 fully saturated rings. The van der Waals surface area contributed by atoms with Crippen LogP contribution in [0.5, 0.6) is 5.75 Å². The molecule has 31 heavy (non-hydrogen) atoms. The molecule has 0 spiro atoms. The Morgan fingerprint density at radius 3 is 2.52 bits per heavy atom. The number of para-hydroxylation sites is 1. The number of hydrogen-bond donors (Lipinski definition) is 1. The predicted molar refractivity (Wildman–Crippen MR) is 121 cm³/mol. The summed E-state index contributed by atoms with van der Waals surface area (Å²) < 4.78 is 17.5. The Labute approximate surface area is 184 Å². The van der Waals surface area contributed by atoms with Crippen LogP contribution in [0.25, 0.3) is 0 Å². The number of benzene rings is 2. The van der Waals surface area contributed by atoms with Crippen molar-refractivity contribution in [2.75, 3.05) is 25.6 Å². The Balaban J connectivity index is 1.51. The fourth-order valence-electron chi connectivity index (χ4n) is 5.23. The van der Waals surface area contributed by atoms with Crippen LogP contribution >= 0.6 is 0 Å². The maximum atomic E-state index is 12.4. The molecule has 5 nitrogen and oxygen atoms in total. The number of carbonyl (C=O) groups is 1. The summed E-state index contributed by atoms with van der Waals surface area (Å²) in [6.45, 7) is 7.53. The van der Waals surface area contributed by atoms with Gasteiger partial charge in [-0.3, -0.25) is 5.32 Å². The molecule has 1 aliphatic carbocycles. The zero-order valence-corrected chi connectivity index (χ0v) is 18.6. The molecule has 2 aliphatic rings. The number of ether oxygens (including phenoxy) is 3. The van der Waals surface area contributed by atoms with Crippen LogP contribution in [0.1, 0.15) is 32.4 Å². The highest BCUT2D eigenvalue weighted by Crippen LogP contribution is 2.56. The third-order valence-corrected chi connectivity index (χ3v) is 7.19. The summed E-state index contributed by atoms with van der Waals surface area (Å²) in [6, 6.07) is 17.5. The highest BCUT2D eigenvalue weighted by atomic mass is 16.6. The minimum absolute atomic E-state index is 0.0177. The van der Waals surface area contributed by atoms with Crippen LogP contribution in [-0.2, 0) is 9.47 Å². The van der Waals surface area contributed by atoms with E-state index in [0.29, 0.717) is 19.1 Å². The molecule has 5 atom stereocenters. The van der Waals surface area contributed by atoms with Gasteiger partial charge in [-0.15, -0.1) is 0 Å². The summed E-state index contributed by atoms with van der Waals surface area (Å²) >= 11 is 0. The van der Waals surface area contributed by atoms with Gasteiger partial charge < -0.3 is 14.2 Å². The maximum Gasteiger partial charge on any atom is 0.411 e. The van der Waals surface area contributed by atoms with Gasteiger partial charge in [0.1, 0.15) is 12.4 Å². The lowest BCUT2D eigenvalue weighted by atomic mass is 9.56. The van der Waals surface area contributed by atoms with Gasteiger partial charge in [0.05, 0.1) is 19.8 Å². The number of hydrogen-bond acceptors (Lipinski definition) is 4. The zero-order valence-electron chi connectivity index (χ0n) is 18.6. The average molecular weight is 422 g/mol. The fraction of sp³-hybridized carbons (Fsp3) is 0.423. The Kier molecular flexibility index (Phi) is 6.05. The minimum Gasteiger partial charge on any atom is -0.497 e. The average Bonchev–Trinajstić information content (AvgIpc) is 2.77. The quantitative estimate of drug-likeness (QED) is 0.615. The van der Waals surface area contributed by atoms with Crippen molar-refractivity contribution in [2.45, 2.75) is 26.9 Å². The molecule has 0 aromatic heterocycles. The molecule has 4 rings (SSSR count). The summed E-state index contributed by atoms with van der Waals surface area (Å²) in [4.78, 5) is 12.4. The first kappa shape index (κ1) is 21.4. The largest absolute Gasteiger partial charge is 0.497 e. The second kappa shape index (κ2) is 8.75. The number of fused-ring (bicyclic) bond motifs is 2. The highest BCUT2D eigenvalue weighted by molar-refractivity contribution is 5.84. The van der Waals surface area contributed by atoms with E-state index in [-0.39, 0.29) is 23.4 Å². The molecule has 0 unspecified atom stereocenters. The molecule has 1 N–H and O–H groups in total. The Bertz CT molecular complexity index is 940. The maximum absolute atomic E-state index is 12.4. The lowest BCUT2D eigenvalue weighted by Gasteiger charge is -2.55. The van der Waals surface area contributed by atoms with Crippen molar-refractivity contribution >= 4 is 11.8 Å². The second-order valence-corrected chi connectivity index (χ2v) is 8.82. The van der Waals surface area contributed by atoms with Gasteiger partial charge in [0.2, 0.25) is 0 Å². The molecule has 0 radical (unpaired) electrons. The lowest BCUT2D eigenvalue weighted by molar-refractivity contribution is -0.165. The lowest BCUT2D eigenvalue weighted by Crippen LogP contribution is -2.54. The van der Waals surface area contributed by atoms with Gasteiger partial charge in [-0.05, 0) is 48.6 Å². The van der Waals surface area contributed by atoms with Crippen LogP contribution in [0.15, 0.2) is 66.2 Å². The van der Waals surface area contributed by atoms with Crippen molar-refractivity contribution < 1.29 is 19.0 Å². The predicted octanol–water partition coefficient (Wildman–Crippen LogP) is 5.85. The topological polar surface area (TPSA) is 56.8 Å². The van der Waals surface area contributed by atoms with Crippen molar-refractivity contribution in [1.29, 1.82) is 0 Å². The smallest absolute Gasteiger partial charge is 0.411 e. The number of methoxy groups -OCH3 is 1. The first-order valence-corrected chi connectivity index (χ1v) is 10.9. The highest BCUT2D eigenvalue weighted by Gasteiger charge is 2.54. The van der Waals surface area contributed by atoms with Crippen molar-refractivity contribution in [3.63, 3.8) is 0 Å². The summed E-state index contributed by atoms with van der Waals surface area (Å²) in [5.41, 5.74) is 2.96. The molecule has 5 heteroatoms. The van der Waals surface area contributed by atoms with E-state index in [1.54, 1.807) is 7.11 Å². The van der Waals surface area contributed by atoms with E-state index < -0.39 is 6.09 Å². The van der Waals surface area contributed by atoms with Crippen molar-refractivity contribution in [1.82, 2.24) is 0 Å². The van der Waals surface area contributed by atoms with Crippen LogP contribution in [0.4, 0.5) is 10.5 Å². The van der Waals surface area contributed by atoms with E-state index in [0.717, 1.165) is 17.0 Å². The van der Waals surface area contributed by atoms with E-state index in [1.165, 1.54) is 5.57 Å². The SMILES string of the molecule is COc1ccc([C@H]2OC[C@@]3(COC(=O)Nc4ccccc4)[C@@H](C)C=C(C)[C@@H]2[C@@H]3C)cc1. The van der Waals surface area contributed by atoms with Gasteiger partial charge in [-0.2, -0.15) is 0 Å². The molecule has 0 saturated carbocycles. The standard InChI is InChI=1S/C26H31NO4/c1-17-14-18(2)26(16-31-25(28)27-21-8-6-5-7-9-21)15-30-24(23(17)19(26)3)20-10-12-22(29-4)13-11-20/h5-14,18-19,23-24H,15-16H2,1-4H3,(H,27,28)/t18-,19-,23+,24+,26+/m0/s1. The van der Waals surface area contributed by atoms with Crippen molar-refractivity contribution in [3.05, 3.63) is 71.8 Å². The number of anilines is 1. The van der Waals surface area contributed by atoms with Crippen LogP contribution in [-0.4, -0.2) is 26.4 Å². The van der Waals surface area contributed by atoms with Gasteiger partial charge >= 0.3 is 6.09 Å². The van der Waals surface area contributed by atoms with Crippen LogP contribution in [0, 0.1) is 23.2 Å². The van der Waals surface area contributed by atoms with Gasteiger partial charge in [-0.1, -0.05) is 55.8 Å². The molecular formula is C26H31NO4. The second-order valence-electron chi connectivity index (χ2n) is 8.82. The number of allylic oxidation sites excluding steroid dienone is 1. The number of amides is 1. The number of carbonyl (C=O) groups excluding carboxylic acids is 1. The summed E-state index contributed by atoms with van der Waals surface area (Å²) in [5.74, 6) is 1.63. The van der Waals surface area contributed by atoms with E-state index in [1.807, 2.05) is 42.5 Å². The first-order chi connectivity index (χ1) is 14.9. The zero-order chi connectivity index (χ0) is 22.0. The molecule has 1 saturated heterocycles. The third kappa shape index (κ3) is 4.07. The molecule has 2 aromatic rings. The van der Waals surface area contributed by atoms with Gasteiger partial charge in [0.15, 0.2) is 0 Å². The van der Waals surface area contributed by atoms with Crippen LogP contribution < -0.4 is 10.1 Å². The fourth-order valence-corrected chi connectivity index (χ4v) is 5.23. The first-order valence-electron chi connectivity index (χ1n) is 10.9. The van der Waals surface area contributed by atoms with Crippen molar-refractivity contribution in [3.8, 4) is 5.75 Å². The minimum atomic E-state index is -0.430. The van der Waals surface area contributed by atoms with Crippen LogP contribution in [0.2, 0.25) is 0 Å². The monoisotopic (exact) mass is 421 g/mol. The molecular weight excluding hydrogens is 390 g/mol. The molecule has 164 valence electrons. The van der Waals surface area contributed by atoms with Crippen LogP contribution in [0.3, 0.4) is 0 Å². The van der Waals surface area contributed by atoms with Crippen molar-refractivity contribution in [2.24, 2.45) is 23.2 Å². The summed E-state index contributed by atoms with van der Waals surface area (Å²) in [5, 5.41) is 2.81. The molecule has 1 amide bonds. The van der Waals surface area contributed by atoms with E-state index in [4.69, 9.17) is 14.2 Å². The summed E-state index contributed by atoms with van der Waals surface area (Å²) in [7, 11) is 1.67. The normalized spacial score (nSPS) is 29.6. The van der Waals surface area contributed by atoms with Gasteiger partial charge in [0.25, 0.3) is 0 Å². The molecule has 1 heterocycles. The molecule has 1 aliphatic heterocycles. The third-order valence-electron chi connectivity index (χ3n) is 7.19. The van der Waals surface area contributed by atoms with E-state index in [9.17, 15) is 4.79 Å². The Morgan fingerprint density at radius 2 is 1.84 bits per heavy atom. The number of rotatable bonds is 5. The number of nitrogens with one attached hydrogen (secondary N) is 1. The van der Waals surface area contributed by atoms with E-state index >= 15 is 0 Å². The molecule has 2 aromatic carbocycles. The Hall–Kier alpha value is -2.79.